The fraction of sp³-hybridized carbons (Fsp3) is 0.161. The molecule has 0 atom stereocenters. The predicted octanol–water partition coefficient (Wildman–Crippen LogP) is 8.09. The highest BCUT2D eigenvalue weighted by molar-refractivity contribution is 9.10. The van der Waals surface area contributed by atoms with E-state index >= 15 is 0 Å². The Morgan fingerprint density at radius 2 is 1.71 bits per heavy atom. The summed E-state index contributed by atoms with van der Waals surface area (Å²) in [6.07, 6.45) is 1.51. The topological polar surface area (TPSA) is 78.4 Å². The number of benzene rings is 4. The van der Waals surface area contributed by atoms with Crippen molar-refractivity contribution in [2.45, 2.75) is 20.1 Å². The van der Waals surface area contributed by atoms with Crippen molar-refractivity contribution in [3.63, 3.8) is 0 Å². The van der Waals surface area contributed by atoms with Crippen LogP contribution in [0.25, 0.3) is 0 Å². The zero-order valence-corrected chi connectivity index (χ0v) is 25.4. The molecule has 10 heteroatoms. The zero-order valence-electron chi connectivity index (χ0n) is 22.3. The van der Waals surface area contributed by atoms with Gasteiger partial charge in [0.15, 0.2) is 23.0 Å². The first kappa shape index (κ1) is 30.2. The fourth-order valence-electron chi connectivity index (χ4n) is 3.75. The van der Waals surface area contributed by atoms with Crippen molar-refractivity contribution < 1.29 is 23.7 Å². The summed E-state index contributed by atoms with van der Waals surface area (Å²) < 4.78 is 23.8. The number of methoxy groups -OCH3 is 1. The summed E-state index contributed by atoms with van der Waals surface area (Å²) >= 11 is 15.8. The molecule has 0 fully saturated rings. The summed E-state index contributed by atoms with van der Waals surface area (Å²) in [6, 6.07) is 23.5. The van der Waals surface area contributed by atoms with Gasteiger partial charge in [-0.2, -0.15) is 5.10 Å². The maximum atomic E-state index is 12.8. The number of ether oxygens (including phenoxy) is 4. The van der Waals surface area contributed by atoms with Crippen LogP contribution in [0.2, 0.25) is 10.0 Å². The molecule has 4 aromatic rings. The lowest BCUT2D eigenvalue weighted by atomic mass is 10.2. The summed E-state index contributed by atoms with van der Waals surface area (Å²) in [5, 5.41) is 5.18. The lowest BCUT2D eigenvalue weighted by Gasteiger charge is -2.15. The summed E-state index contributed by atoms with van der Waals surface area (Å²) in [5.74, 6) is 1.60. The van der Waals surface area contributed by atoms with Crippen molar-refractivity contribution in [2.75, 3.05) is 13.7 Å². The van der Waals surface area contributed by atoms with Gasteiger partial charge in [0, 0.05) is 21.2 Å². The molecule has 0 aliphatic rings. The lowest BCUT2D eigenvalue weighted by molar-refractivity contribution is 0.0954. The molecule has 0 unspecified atom stereocenters. The van der Waals surface area contributed by atoms with Gasteiger partial charge in [-0.3, -0.25) is 4.79 Å². The van der Waals surface area contributed by atoms with Gasteiger partial charge >= 0.3 is 0 Å². The Morgan fingerprint density at radius 1 is 0.902 bits per heavy atom. The first-order valence-electron chi connectivity index (χ1n) is 12.6. The normalized spacial score (nSPS) is 10.9. The highest BCUT2D eigenvalue weighted by Gasteiger charge is 2.14. The van der Waals surface area contributed by atoms with E-state index < -0.39 is 5.91 Å². The Balaban J connectivity index is 1.41. The van der Waals surface area contributed by atoms with Gasteiger partial charge in [-0.05, 0) is 76.4 Å². The summed E-state index contributed by atoms with van der Waals surface area (Å²) in [5.41, 5.74) is 5.40. The number of hydrogen-bond donors (Lipinski definition) is 1. The molecule has 0 spiro atoms. The third-order valence-corrected chi connectivity index (χ3v) is 6.94. The number of nitrogens with one attached hydrogen (secondary N) is 1. The lowest BCUT2D eigenvalue weighted by Crippen LogP contribution is -2.17. The molecule has 4 rings (SSSR count). The molecule has 0 aromatic heterocycles. The Bertz CT molecular complexity index is 1530. The number of hydrogen-bond acceptors (Lipinski definition) is 6. The molecular weight excluding hydrogens is 631 g/mol. The van der Waals surface area contributed by atoms with Crippen LogP contribution in [0, 0.1) is 0 Å². The minimum atomic E-state index is -0.405. The van der Waals surface area contributed by atoms with Gasteiger partial charge in [0.05, 0.1) is 24.4 Å². The molecule has 0 bridgehead atoms. The number of hydrazone groups is 1. The maximum absolute atomic E-state index is 12.8. The first-order chi connectivity index (χ1) is 19.9. The minimum absolute atomic E-state index is 0.220. The van der Waals surface area contributed by atoms with Crippen molar-refractivity contribution in [3.8, 4) is 23.0 Å². The Labute approximate surface area is 257 Å². The minimum Gasteiger partial charge on any atom is -0.493 e. The van der Waals surface area contributed by atoms with Gasteiger partial charge < -0.3 is 18.9 Å². The van der Waals surface area contributed by atoms with Gasteiger partial charge in [-0.25, -0.2) is 5.43 Å². The number of nitrogens with zero attached hydrogens (tertiary/aromatic N) is 1. The molecule has 4 aromatic carbocycles. The predicted molar refractivity (Wildman–Crippen MR) is 165 cm³/mol. The molecule has 0 heterocycles. The van der Waals surface area contributed by atoms with Crippen LogP contribution in [0.3, 0.4) is 0 Å². The van der Waals surface area contributed by atoms with Gasteiger partial charge in [-0.15, -0.1) is 0 Å². The van der Waals surface area contributed by atoms with E-state index in [2.05, 4.69) is 26.5 Å². The molecule has 7 nitrogen and oxygen atoms in total. The van der Waals surface area contributed by atoms with E-state index in [4.69, 9.17) is 42.1 Å². The largest absolute Gasteiger partial charge is 0.493 e. The van der Waals surface area contributed by atoms with E-state index in [-0.39, 0.29) is 6.61 Å². The second kappa shape index (κ2) is 14.8. The molecule has 0 aliphatic heterocycles. The van der Waals surface area contributed by atoms with E-state index in [0.717, 1.165) is 11.1 Å². The molecule has 212 valence electrons. The molecular formula is C31H27BrCl2N2O5. The van der Waals surface area contributed by atoms with E-state index in [0.29, 0.717) is 61.9 Å². The summed E-state index contributed by atoms with van der Waals surface area (Å²) in [7, 11) is 1.52. The SMILES string of the molecule is CCOc1cc(/C=N/NC(=O)c2ccc(OCc3ccccc3)c(OC)c2)cc(Br)c1OCc1ccc(Cl)cc1Cl. The molecule has 1 N–H and O–H groups in total. The third kappa shape index (κ3) is 8.39. The second-order valence-electron chi connectivity index (χ2n) is 8.63. The van der Waals surface area contributed by atoms with E-state index in [9.17, 15) is 4.79 Å². The van der Waals surface area contributed by atoms with Gasteiger partial charge in [0.25, 0.3) is 5.91 Å². The van der Waals surface area contributed by atoms with Gasteiger partial charge in [0.1, 0.15) is 13.2 Å². The number of carbonyl (C=O) groups excluding carboxylic acids is 1. The highest BCUT2D eigenvalue weighted by Crippen LogP contribution is 2.37. The highest BCUT2D eigenvalue weighted by atomic mass is 79.9. The van der Waals surface area contributed by atoms with Crippen molar-refractivity contribution in [1.29, 1.82) is 0 Å². The second-order valence-corrected chi connectivity index (χ2v) is 10.3. The summed E-state index contributed by atoms with van der Waals surface area (Å²) in [4.78, 5) is 12.8. The van der Waals surface area contributed by atoms with Crippen LogP contribution >= 0.6 is 39.1 Å². The van der Waals surface area contributed by atoms with Crippen LogP contribution in [0.1, 0.15) is 34.0 Å². The van der Waals surface area contributed by atoms with Gasteiger partial charge in [0.2, 0.25) is 0 Å². The van der Waals surface area contributed by atoms with Crippen LogP contribution in [-0.4, -0.2) is 25.8 Å². The van der Waals surface area contributed by atoms with Crippen molar-refractivity contribution >= 4 is 51.3 Å². The first-order valence-corrected chi connectivity index (χ1v) is 14.1. The van der Waals surface area contributed by atoms with Crippen LogP contribution in [-0.2, 0) is 13.2 Å². The molecule has 0 saturated carbocycles. The van der Waals surface area contributed by atoms with Crippen molar-refractivity contribution in [3.05, 3.63) is 116 Å². The van der Waals surface area contributed by atoms with Crippen LogP contribution in [0.15, 0.2) is 88.4 Å². The molecule has 1 amide bonds. The van der Waals surface area contributed by atoms with Crippen LogP contribution < -0.4 is 24.4 Å². The van der Waals surface area contributed by atoms with Crippen LogP contribution in [0.4, 0.5) is 0 Å². The van der Waals surface area contributed by atoms with E-state index in [1.54, 1.807) is 42.5 Å². The number of amides is 1. The molecule has 0 radical (unpaired) electrons. The maximum Gasteiger partial charge on any atom is 0.271 e. The Kier molecular flexibility index (Phi) is 10.9. The number of carbonyl (C=O) groups is 1. The standard InChI is InChI=1S/C31H27BrCl2N2O5/c1-3-39-29-14-21(13-25(32)30(29)41-19-23-9-11-24(33)16-26(23)34)17-35-36-31(37)22-10-12-27(28(15-22)38-2)40-18-20-7-5-4-6-8-20/h4-17H,3,18-19H2,1-2H3,(H,36,37)/b35-17+. The average Bonchev–Trinajstić information content (AvgIpc) is 2.97. The average molecular weight is 658 g/mol. The summed E-state index contributed by atoms with van der Waals surface area (Å²) in [6.45, 7) is 2.90. The van der Waals surface area contributed by atoms with E-state index in [1.165, 1.54) is 13.3 Å². The van der Waals surface area contributed by atoms with Crippen molar-refractivity contribution in [1.82, 2.24) is 5.43 Å². The van der Waals surface area contributed by atoms with Crippen LogP contribution in [0.5, 0.6) is 23.0 Å². The third-order valence-electron chi connectivity index (χ3n) is 5.76. The van der Waals surface area contributed by atoms with E-state index in [1.807, 2.05) is 43.3 Å². The Morgan fingerprint density at radius 3 is 2.44 bits per heavy atom. The smallest absolute Gasteiger partial charge is 0.271 e. The zero-order chi connectivity index (χ0) is 29.2. The Hall–Kier alpha value is -3.72. The monoisotopic (exact) mass is 656 g/mol. The number of halogens is 3. The quantitative estimate of drug-likeness (QED) is 0.123. The molecule has 0 aliphatic carbocycles. The molecule has 0 saturated heterocycles. The fourth-order valence-corrected chi connectivity index (χ4v) is 4.78. The number of rotatable bonds is 12. The molecule has 41 heavy (non-hydrogen) atoms. The van der Waals surface area contributed by atoms with Crippen molar-refractivity contribution in [2.24, 2.45) is 5.10 Å². The van der Waals surface area contributed by atoms with Gasteiger partial charge in [-0.1, -0.05) is 59.6 Å².